The van der Waals surface area contributed by atoms with Crippen molar-refractivity contribution in [1.82, 2.24) is 0 Å². The summed E-state index contributed by atoms with van der Waals surface area (Å²) in [4.78, 5) is 12.5. The third kappa shape index (κ3) is 1.75. The van der Waals surface area contributed by atoms with Crippen LogP contribution >= 0.6 is 15.9 Å². The number of halogens is 1. The van der Waals surface area contributed by atoms with Gasteiger partial charge in [-0.1, -0.05) is 12.1 Å². The van der Waals surface area contributed by atoms with E-state index in [2.05, 4.69) is 15.9 Å². The fourth-order valence-electron chi connectivity index (χ4n) is 1.44. The lowest BCUT2D eigenvalue weighted by Gasteiger charge is -2.19. The summed E-state index contributed by atoms with van der Waals surface area (Å²) in [6.07, 6.45) is 1.06. The third-order valence-corrected chi connectivity index (χ3v) is 2.90. The third-order valence-electron chi connectivity index (χ3n) is 2.23. The van der Waals surface area contributed by atoms with Crippen molar-refractivity contribution >= 4 is 27.7 Å². The fraction of sp³-hybridized carbons (Fsp3) is 0.300. The zero-order valence-corrected chi connectivity index (χ0v) is 9.07. The lowest BCUT2D eigenvalue weighted by atomic mass is 10.3. The molecule has 1 aromatic carbocycles. The maximum atomic E-state index is 11.0. The standard InChI is InChI=1S/C10H10BrNO2/c11-8-3-1-2-4-9(8)12(10(13)14)7-5-6-7/h1-4,7H,5-6H2,(H,13,14). The first-order valence-electron chi connectivity index (χ1n) is 4.47. The molecule has 2 rings (SSSR count). The van der Waals surface area contributed by atoms with Crippen molar-refractivity contribution in [3.05, 3.63) is 28.7 Å². The predicted octanol–water partition coefficient (Wildman–Crippen LogP) is 3.10. The maximum absolute atomic E-state index is 11.0. The number of hydrogen-bond donors (Lipinski definition) is 1. The Morgan fingerprint density at radius 3 is 2.57 bits per heavy atom. The van der Waals surface area contributed by atoms with Gasteiger partial charge in [0.25, 0.3) is 0 Å². The van der Waals surface area contributed by atoms with Gasteiger partial charge in [0.15, 0.2) is 0 Å². The van der Waals surface area contributed by atoms with Gasteiger partial charge in [0.2, 0.25) is 0 Å². The highest BCUT2D eigenvalue weighted by Crippen LogP contribution is 2.35. The molecule has 1 fully saturated rings. The first-order chi connectivity index (χ1) is 6.70. The van der Waals surface area contributed by atoms with E-state index in [1.54, 1.807) is 0 Å². The van der Waals surface area contributed by atoms with Gasteiger partial charge in [-0.3, -0.25) is 4.90 Å². The fourth-order valence-corrected chi connectivity index (χ4v) is 1.91. The van der Waals surface area contributed by atoms with Crippen molar-refractivity contribution in [3.8, 4) is 0 Å². The van der Waals surface area contributed by atoms with E-state index in [1.165, 1.54) is 4.90 Å². The number of nitrogens with zero attached hydrogens (tertiary/aromatic N) is 1. The highest BCUT2D eigenvalue weighted by atomic mass is 79.9. The summed E-state index contributed by atoms with van der Waals surface area (Å²) in [6.45, 7) is 0. The number of amides is 1. The van der Waals surface area contributed by atoms with E-state index in [9.17, 15) is 4.79 Å². The van der Waals surface area contributed by atoms with Crippen molar-refractivity contribution in [3.63, 3.8) is 0 Å². The second-order valence-corrected chi connectivity index (χ2v) is 4.19. The molecule has 0 radical (unpaired) electrons. The van der Waals surface area contributed by atoms with Crippen LogP contribution in [0.2, 0.25) is 0 Å². The first kappa shape index (κ1) is 9.52. The number of carboxylic acid groups (broad SMARTS) is 1. The van der Waals surface area contributed by atoms with E-state index in [-0.39, 0.29) is 6.04 Å². The summed E-state index contributed by atoms with van der Waals surface area (Å²) in [5.41, 5.74) is 0.738. The number of carbonyl (C=O) groups is 1. The molecule has 1 aliphatic carbocycles. The van der Waals surface area contributed by atoms with Gasteiger partial charge >= 0.3 is 6.09 Å². The molecule has 0 saturated heterocycles. The summed E-state index contributed by atoms with van der Waals surface area (Å²) >= 11 is 3.36. The minimum Gasteiger partial charge on any atom is -0.465 e. The lowest BCUT2D eigenvalue weighted by molar-refractivity contribution is 0.201. The average molecular weight is 256 g/mol. The van der Waals surface area contributed by atoms with Gasteiger partial charge in [0.05, 0.1) is 5.69 Å². The van der Waals surface area contributed by atoms with Crippen LogP contribution in [0.4, 0.5) is 10.5 Å². The molecule has 1 aliphatic rings. The molecule has 0 aromatic heterocycles. The number of benzene rings is 1. The average Bonchev–Trinajstić information content (AvgIpc) is 2.92. The summed E-state index contributed by atoms with van der Waals surface area (Å²) in [7, 11) is 0. The van der Waals surface area contributed by atoms with Gasteiger partial charge < -0.3 is 5.11 Å². The van der Waals surface area contributed by atoms with Crippen LogP contribution in [-0.4, -0.2) is 17.2 Å². The Labute approximate surface area is 90.5 Å². The summed E-state index contributed by atoms with van der Waals surface area (Å²) in [5.74, 6) is 0. The van der Waals surface area contributed by atoms with E-state index in [0.717, 1.165) is 23.0 Å². The smallest absolute Gasteiger partial charge is 0.412 e. The Balaban J connectivity index is 2.35. The number of anilines is 1. The minimum absolute atomic E-state index is 0.172. The summed E-state index contributed by atoms with van der Waals surface area (Å²) < 4.78 is 0.828. The van der Waals surface area contributed by atoms with Gasteiger partial charge in [-0.05, 0) is 40.9 Å². The van der Waals surface area contributed by atoms with Crippen molar-refractivity contribution < 1.29 is 9.90 Å². The van der Waals surface area contributed by atoms with Gasteiger partial charge in [0, 0.05) is 10.5 Å². The molecular formula is C10H10BrNO2. The van der Waals surface area contributed by atoms with Gasteiger partial charge in [0.1, 0.15) is 0 Å². The maximum Gasteiger partial charge on any atom is 0.412 e. The Morgan fingerprint density at radius 1 is 1.43 bits per heavy atom. The van der Waals surface area contributed by atoms with Crippen molar-refractivity contribution in [2.75, 3.05) is 4.90 Å². The predicted molar refractivity (Wildman–Crippen MR) is 57.7 cm³/mol. The Kier molecular flexibility index (Phi) is 2.46. The van der Waals surface area contributed by atoms with Crippen molar-refractivity contribution in [2.45, 2.75) is 18.9 Å². The van der Waals surface area contributed by atoms with Gasteiger partial charge in [-0.25, -0.2) is 4.79 Å². The molecular weight excluding hydrogens is 246 g/mol. The molecule has 3 nitrogen and oxygen atoms in total. The largest absolute Gasteiger partial charge is 0.465 e. The molecule has 1 amide bonds. The van der Waals surface area contributed by atoms with Crippen molar-refractivity contribution in [1.29, 1.82) is 0 Å². The molecule has 4 heteroatoms. The Morgan fingerprint density at radius 2 is 2.07 bits per heavy atom. The van der Waals surface area contributed by atoms with Crippen LogP contribution < -0.4 is 4.90 Å². The Hall–Kier alpha value is -1.03. The normalized spacial score (nSPS) is 15.2. The second-order valence-electron chi connectivity index (χ2n) is 3.34. The first-order valence-corrected chi connectivity index (χ1v) is 5.26. The zero-order chi connectivity index (χ0) is 10.1. The van der Waals surface area contributed by atoms with Crippen LogP contribution in [0, 0.1) is 0 Å². The second kappa shape index (κ2) is 3.61. The SMILES string of the molecule is O=C(O)N(c1ccccc1Br)C1CC1. The summed E-state index contributed by atoms with van der Waals surface area (Å²) in [6, 6.07) is 7.56. The zero-order valence-electron chi connectivity index (χ0n) is 7.48. The number of rotatable bonds is 2. The highest BCUT2D eigenvalue weighted by Gasteiger charge is 2.34. The van der Waals surface area contributed by atoms with E-state index in [0.29, 0.717) is 0 Å². The van der Waals surface area contributed by atoms with Gasteiger partial charge in [-0.2, -0.15) is 0 Å². The molecule has 0 atom stereocenters. The van der Waals surface area contributed by atoms with Gasteiger partial charge in [-0.15, -0.1) is 0 Å². The molecule has 0 spiro atoms. The van der Waals surface area contributed by atoms with Crippen LogP contribution in [0.25, 0.3) is 0 Å². The minimum atomic E-state index is -0.876. The van der Waals surface area contributed by atoms with Crippen LogP contribution in [-0.2, 0) is 0 Å². The molecule has 0 aliphatic heterocycles. The molecule has 0 bridgehead atoms. The van der Waals surface area contributed by atoms with E-state index in [1.807, 2.05) is 24.3 Å². The topological polar surface area (TPSA) is 40.5 Å². The molecule has 1 N–H and O–H groups in total. The molecule has 14 heavy (non-hydrogen) atoms. The molecule has 0 heterocycles. The highest BCUT2D eigenvalue weighted by molar-refractivity contribution is 9.10. The van der Waals surface area contributed by atoms with Crippen LogP contribution in [0.5, 0.6) is 0 Å². The molecule has 0 unspecified atom stereocenters. The molecule has 1 aromatic rings. The quantitative estimate of drug-likeness (QED) is 0.883. The lowest BCUT2D eigenvalue weighted by Crippen LogP contribution is -2.31. The van der Waals surface area contributed by atoms with Crippen LogP contribution in [0.1, 0.15) is 12.8 Å². The van der Waals surface area contributed by atoms with Crippen molar-refractivity contribution in [2.24, 2.45) is 0 Å². The van der Waals surface area contributed by atoms with Crippen LogP contribution in [0.3, 0.4) is 0 Å². The van der Waals surface area contributed by atoms with E-state index < -0.39 is 6.09 Å². The Bertz CT molecular complexity index is 363. The van der Waals surface area contributed by atoms with E-state index >= 15 is 0 Å². The van der Waals surface area contributed by atoms with E-state index in [4.69, 9.17) is 5.11 Å². The van der Waals surface area contributed by atoms with Crippen LogP contribution in [0.15, 0.2) is 28.7 Å². The summed E-state index contributed by atoms with van der Waals surface area (Å²) in [5, 5.41) is 9.07. The number of para-hydroxylation sites is 1. The molecule has 1 saturated carbocycles. The number of hydrogen-bond acceptors (Lipinski definition) is 1. The molecule has 74 valence electrons. The monoisotopic (exact) mass is 255 g/mol.